The highest BCUT2D eigenvalue weighted by Crippen LogP contribution is 2.26. The van der Waals surface area contributed by atoms with Gasteiger partial charge in [-0.2, -0.15) is 0 Å². The van der Waals surface area contributed by atoms with Crippen LogP contribution >= 0.6 is 0 Å². The molecule has 4 nitrogen and oxygen atoms in total. The first-order valence-corrected chi connectivity index (χ1v) is 10.4. The number of hydrogen-bond donors (Lipinski definition) is 2. The van der Waals surface area contributed by atoms with Crippen molar-refractivity contribution < 1.29 is 0 Å². The minimum Gasteiger partial charge on any atom is -0.370 e. The van der Waals surface area contributed by atoms with Gasteiger partial charge in [-0.25, -0.2) is 9.97 Å². The Balaban J connectivity index is 0.000000156. The van der Waals surface area contributed by atoms with E-state index in [2.05, 4.69) is 73.4 Å². The van der Waals surface area contributed by atoms with Gasteiger partial charge in [-0.1, -0.05) is 39.8 Å². The van der Waals surface area contributed by atoms with Crippen LogP contribution in [0.2, 0.25) is 0 Å². The summed E-state index contributed by atoms with van der Waals surface area (Å²) in [5.41, 5.74) is 6.52. The summed E-state index contributed by atoms with van der Waals surface area (Å²) in [7, 11) is 0. The van der Waals surface area contributed by atoms with Crippen LogP contribution in [-0.2, 0) is 12.8 Å². The standard InChI is InChI=1S/C12H18N2.C11H16N2/c1-8(2)11-7-10-5-4-6-13-12(10)14-9(11)3;1-8(2)10-6-5-9-4-3-7-12-11(9)13-10/h7-8H,4-6H2,1-3H3,(H,13,14);5-6,8H,3-4,7H2,1-2H3,(H,12,13). The van der Waals surface area contributed by atoms with Crippen LogP contribution in [-0.4, -0.2) is 23.1 Å². The molecule has 0 amide bonds. The second-order valence-electron chi connectivity index (χ2n) is 8.28. The van der Waals surface area contributed by atoms with Crippen molar-refractivity contribution in [3.8, 4) is 0 Å². The van der Waals surface area contributed by atoms with Crippen LogP contribution in [0.5, 0.6) is 0 Å². The number of hydrogen-bond acceptors (Lipinski definition) is 4. The van der Waals surface area contributed by atoms with Gasteiger partial charge in [0.2, 0.25) is 0 Å². The Bertz CT molecular complexity index is 780. The molecule has 0 bridgehead atoms. The molecule has 2 aromatic rings. The molecule has 0 fully saturated rings. The molecule has 2 aromatic heterocycles. The molecule has 0 radical (unpaired) electrons. The lowest BCUT2D eigenvalue weighted by Gasteiger charge is -2.20. The van der Waals surface area contributed by atoms with Gasteiger partial charge in [-0.3, -0.25) is 0 Å². The first-order chi connectivity index (χ1) is 13.0. The van der Waals surface area contributed by atoms with E-state index in [1.165, 1.54) is 53.8 Å². The topological polar surface area (TPSA) is 49.8 Å². The lowest BCUT2D eigenvalue weighted by atomic mass is 9.97. The molecule has 2 aliphatic heterocycles. The second-order valence-corrected chi connectivity index (χ2v) is 8.28. The van der Waals surface area contributed by atoms with Crippen molar-refractivity contribution in [3.63, 3.8) is 0 Å². The molecule has 0 saturated heterocycles. The number of aromatic nitrogens is 2. The quantitative estimate of drug-likeness (QED) is 0.743. The van der Waals surface area contributed by atoms with E-state index in [4.69, 9.17) is 0 Å². The molecule has 4 heterocycles. The van der Waals surface area contributed by atoms with Gasteiger partial charge in [0.1, 0.15) is 11.6 Å². The minimum atomic E-state index is 0.522. The van der Waals surface area contributed by atoms with Crippen molar-refractivity contribution in [1.82, 2.24) is 9.97 Å². The Morgan fingerprint density at radius 3 is 2.07 bits per heavy atom. The number of pyridine rings is 2. The van der Waals surface area contributed by atoms with Crippen LogP contribution in [0.25, 0.3) is 0 Å². The summed E-state index contributed by atoms with van der Waals surface area (Å²) in [4.78, 5) is 9.23. The zero-order chi connectivity index (χ0) is 19.4. The first kappa shape index (κ1) is 19.7. The van der Waals surface area contributed by atoms with Crippen molar-refractivity contribution in [2.24, 2.45) is 0 Å². The van der Waals surface area contributed by atoms with E-state index in [0.29, 0.717) is 11.8 Å². The predicted octanol–water partition coefficient (Wildman–Crippen LogP) is 5.43. The summed E-state index contributed by atoms with van der Waals surface area (Å²) < 4.78 is 0. The van der Waals surface area contributed by atoms with E-state index >= 15 is 0 Å². The van der Waals surface area contributed by atoms with E-state index < -0.39 is 0 Å². The Hall–Kier alpha value is -2.10. The Morgan fingerprint density at radius 2 is 1.44 bits per heavy atom. The second kappa shape index (κ2) is 8.73. The molecule has 0 spiro atoms. The number of nitrogens with one attached hydrogen (secondary N) is 2. The summed E-state index contributed by atoms with van der Waals surface area (Å²) in [5.74, 6) is 3.32. The van der Waals surface area contributed by atoms with Gasteiger partial charge in [-0.05, 0) is 67.2 Å². The maximum absolute atomic E-state index is 4.62. The third-order valence-corrected chi connectivity index (χ3v) is 5.38. The highest BCUT2D eigenvalue weighted by Gasteiger charge is 2.14. The largest absolute Gasteiger partial charge is 0.370 e. The Kier molecular flexibility index (Phi) is 6.35. The molecule has 0 aliphatic carbocycles. The van der Waals surface area contributed by atoms with E-state index in [0.717, 1.165) is 24.7 Å². The van der Waals surface area contributed by atoms with Gasteiger partial charge in [0, 0.05) is 24.5 Å². The third kappa shape index (κ3) is 4.79. The van der Waals surface area contributed by atoms with Crippen molar-refractivity contribution in [3.05, 3.63) is 46.3 Å². The number of rotatable bonds is 2. The van der Waals surface area contributed by atoms with E-state index in [9.17, 15) is 0 Å². The minimum absolute atomic E-state index is 0.522. The highest BCUT2D eigenvalue weighted by molar-refractivity contribution is 5.50. The van der Waals surface area contributed by atoms with E-state index in [1.54, 1.807) is 0 Å². The van der Waals surface area contributed by atoms with Crippen molar-refractivity contribution >= 4 is 11.6 Å². The predicted molar refractivity (Wildman–Crippen MR) is 115 cm³/mol. The Labute approximate surface area is 164 Å². The fourth-order valence-electron chi connectivity index (χ4n) is 3.74. The van der Waals surface area contributed by atoms with Crippen molar-refractivity contribution in [2.45, 2.75) is 72.1 Å². The van der Waals surface area contributed by atoms with Crippen molar-refractivity contribution in [2.75, 3.05) is 23.7 Å². The summed E-state index contributed by atoms with van der Waals surface area (Å²) in [6.07, 6.45) is 4.81. The normalized spacial score (nSPS) is 15.2. The lowest BCUT2D eigenvalue weighted by molar-refractivity contribution is 0.783. The summed E-state index contributed by atoms with van der Waals surface area (Å²) in [5, 5.41) is 6.71. The molecule has 2 aliphatic rings. The van der Waals surface area contributed by atoms with Gasteiger partial charge in [0.15, 0.2) is 0 Å². The summed E-state index contributed by atoms with van der Waals surface area (Å²) in [6, 6.07) is 6.69. The van der Waals surface area contributed by atoms with Crippen LogP contribution < -0.4 is 10.6 Å². The molecular weight excluding hydrogens is 332 g/mol. The van der Waals surface area contributed by atoms with Gasteiger partial charge >= 0.3 is 0 Å². The van der Waals surface area contributed by atoms with Crippen molar-refractivity contribution in [1.29, 1.82) is 0 Å². The molecule has 146 valence electrons. The fraction of sp³-hybridized carbons (Fsp3) is 0.565. The molecule has 27 heavy (non-hydrogen) atoms. The number of fused-ring (bicyclic) bond motifs is 2. The highest BCUT2D eigenvalue weighted by atomic mass is 15.0. The first-order valence-electron chi connectivity index (χ1n) is 10.4. The molecule has 0 aromatic carbocycles. The van der Waals surface area contributed by atoms with E-state index in [-0.39, 0.29) is 0 Å². The van der Waals surface area contributed by atoms with Crippen LogP contribution in [0, 0.1) is 6.92 Å². The molecule has 0 saturated carbocycles. The summed E-state index contributed by atoms with van der Waals surface area (Å²) in [6.45, 7) is 13.1. The van der Waals surface area contributed by atoms with Crippen LogP contribution in [0.3, 0.4) is 0 Å². The van der Waals surface area contributed by atoms with Crippen LogP contribution in [0.15, 0.2) is 18.2 Å². The summed E-state index contributed by atoms with van der Waals surface area (Å²) >= 11 is 0. The zero-order valence-corrected chi connectivity index (χ0v) is 17.5. The Morgan fingerprint density at radius 1 is 0.815 bits per heavy atom. The third-order valence-electron chi connectivity index (χ3n) is 5.38. The van der Waals surface area contributed by atoms with Crippen LogP contribution in [0.4, 0.5) is 11.6 Å². The molecule has 2 N–H and O–H groups in total. The fourth-order valence-corrected chi connectivity index (χ4v) is 3.74. The van der Waals surface area contributed by atoms with Crippen LogP contribution in [0.1, 0.15) is 80.5 Å². The zero-order valence-electron chi connectivity index (χ0n) is 17.5. The average molecular weight is 367 g/mol. The molecule has 4 rings (SSSR count). The molecule has 0 atom stereocenters. The van der Waals surface area contributed by atoms with E-state index in [1.807, 2.05) is 0 Å². The average Bonchev–Trinajstić information content (AvgIpc) is 2.67. The lowest BCUT2D eigenvalue weighted by Crippen LogP contribution is -2.15. The van der Waals surface area contributed by atoms with Gasteiger partial charge in [0.25, 0.3) is 0 Å². The molecule has 0 unspecified atom stereocenters. The molecule has 4 heteroatoms. The van der Waals surface area contributed by atoms with Gasteiger partial charge < -0.3 is 10.6 Å². The maximum atomic E-state index is 4.62. The SMILES string of the molecule is CC(C)c1ccc2c(n1)NCCC2.Cc1nc2c(cc1C(C)C)CCCN2. The smallest absolute Gasteiger partial charge is 0.129 e. The number of anilines is 2. The van der Waals surface area contributed by atoms with Gasteiger partial charge in [0.05, 0.1) is 0 Å². The molecular formula is C23H34N4. The number of nitrogens with zero attached hydrogens (tertiary/aromatic N) is 2. The maximum Gasteiger partial charge on any atom is 0.129 e. The monoisotopic (exact) mass is 366 g/mol. The van der Waals surface area contributed by atoms with Gasteiger partial charge in [-0.15, -0.1) is 0 Å². The number of aryl methyl sites for hydroxylation is 3.